The third-order valence-electron chi connectivity index (χ3n) is 5.04. The predicted molar refractivity (Wildman–Crippen MR) is 97.7 cm³/mol. The van der Waals surface area contributed by atoms with Crippen molar-refractivity contribution >= 4 is 14.8 Å². The number of aromatic nitrogens is 2. The first kappa shape index (κ1) is 16.0. The molecule has 3 rings (SSSR count). The van der Waals surface area contributed by atoms with Crippen LogP contribution in [0.25, 0.3) is 5.57 Å². The summed E-state index contributed by atoms with van der Waals surface area (Å²) in [6, 6.07) is 2.33. The second-order valence-corrected chi connectivity index (χ2v) is 7.44. The normalized spacial score (nSPS) is 20.9. The Morgan fingerprint density at radius 2 is 2.27 bits per heavy atom. The van der Waals surface area contributed by atoms with Crippen LogP contribution in [0.5, 0.6) is 0 Å². The Labute approximate surface area is 137 Å². The third-order valence-corrected chi connectivity index (χ3v) is 5.69. The largest absolute Gasteiger partial charge is 0.269 e. The molecule has 2 aliphatic rings. The Morgan fingerprint density at radius 1 is 1.45 bits per heavy atom. The minimum Gasteiger partial charge on any atom is -0.269 e. The minimum absolute atomic E-state index is 0.731. The van der Waals surface area contributed by atoms with Crippen molar-refractivity contribution < 1.29 is 0 Å². The van der Waals surface area contributed by atoms with Crippen LogP contribution in [0.4, 0.5) is 0 Å². The van der Waals surface area contributed by atoms with Crippen molar-refractivity contribution in [2.45, 2.75) is 65.3 Å². The van der Waals surface area contributed by atoms with Gasteiger partial charge in [-0.1, -0.05) is 25.5 Å². The number of allylic oxidation sites excluding steroid dienone is 4. The van der Waals surface area contributed by atoms with Crippen molar-refractivity contribution in [2.75, 3.05) is 0 Å². The van der Waals surface area contributed by atoms with Crippen LogP contribution in [0.1, 0.15) is 63.8 Å². The molecule has 1 aromatic rings. The van der Waals surface area contributed by atoms with Gasteiger partial charge >= 0.3 is 0 Å². The summed E-state index contributed by atoms with van der Waals surface area (Å²) < 4.78 is 2.23. The Morgan fingerprint density at radius 3 is 2.91 bits per heavy atom. The van der Waals surface area contributed by atoms with Crippen LogP contribution in [-0.4, -0.2) is 9.78 Å². The molecule has 2 nitrogen and oxygen atoms in total. The molecule has 0 aromatic carbocycles. The highest BCUT2D eigenvalue weighted by atomic mass is 31.0. The van der Waals surface area contributed by atoms with Gasteiger partial charge in [0.25, 0.3) is 0 Å². The highest BCUT2D eigenvalue weighted by molar-refractivity contribution is 7.24. The van der Waals surface area contributed by atoms with Crippen LogP contribution in [-0.2, 0) is 13.0 Å². The molecular weight excluding hydrogens is 287 g/mol. The fraction of sp³-hybridized carbons (Fsp3) is 0.632. The van der Waals surface area contributed by atoms with E-state index in [1.807, 2.05) is 0 Å². The average molecular weight is 316 g/mol. The van der Waals surface area contributed by atoms with Gasteiger partial charge in [0.1, 0.15) is 0 Å². The molecule has 1 aliphatic carbocycles. The van der Waals surface area contributed by atoms with Crippen LogP contribution < -0.4 is 0 Å². The van der Waals surface area contributed by atoms with E-state index in [0.29, 0.717) is 0 Å². The molecule has 2 heterocycles. The summed E-state index contributed by atoms with van der Waals surface area (Å²) in [5.74, 6) is 1.65. The lowest BCUT2D eigenvalue weighted by atomic mass is 9.94. The highest BCUT2D eigenvalue weighted by Gasteiger charge is 2.30. The van der Waals surface area contributed by atoms with Gasteiger partial charge in [-0.05, 0) is 68.7 Å². The van der Waals surface area contributed by atoms with Crippen molar-refractivity contribution in [3.05, 3.63) is 34.9 Å². The van der Waals surface area contributed by atoms with Crippen molar-refractivity contribution in [1.82, 2.24) is 9.78 Å². The Bertz CT molecular complexity index is 555. The summed E-state index contributed by atoms with van der Waals surface area (Å²) in [6.07, 6.45) is 13.9. The number of hydrogen-bond acceptors (Lipinski definition) is 1. The van der Waals surface area contributed by atoms with E-state index in [1.165, 1.54) is 67.2 Å². The molecule has 0 N–H and O–H groups in total. The number of aryl methyl sites for hydroxylation is 2. The summed E-state index contributed by atoms with van der Waals surface area (Å²) in [5, 5.41) is 6.20. The molecule has 2 atom stereocenters. The molecule has 1 aromatic heterocycles. The maximum absolute atomic E-state index is 4.91. The van der Waals surface area contributed by atoms with Crippen LogP contribution >= 0.6 is 9.24 Å². The summed E-state index contributed by atoms with van der Waals surface area (Å²) in [4.78, 5) is 0. The first-order valence-electron chi connectivity index (χ1n) is 8.94. The van der Waals surface area contributed by atoms with Crippen LogP contribution in [0.2, 0.25) is 0 Å². The van der Waals surface area contributed by atoms with Crippen molar-refractivity contribution in [1.29, 1.82) is 0 Å². The van der Waals surface area contributed by atoms with Gasteiger partial charge in [0.15, 0.2) is 0 Å². The molecule has 1 fully saturated rings. The molecule has 2 unspecified atom stereocenters. The quantitative estimate of drug-likeness (QED) is 0.520. The lowest BCUT2D eigenvalue weighted by Crippen LogP contribution is -2.10. The molecular formula is C19H29N2P. The van der Waals surface area contributed by atoms with Gasteiger partial charge in [0.05, 0.1) is 5.69 Å². The molecule has 1 aliphatic heterocycles. The highest BCUT2D eigenvalue weighted by Crippen LogP contribution is 2.42. The van der Waals surface area contributed by atoms with E-state index in [-0.39, 0.29) is 0 Å². The molecule has 0 saturated heterocycles. The summed E-state index contributed by atoms with van der Waals surface area (Å²) in [7, 11) is 2.92. The molecule has 0 amide bonds. The molecule has 1 saturated carbocycles. The second-order valence-electron chi connectivity index (χ2n) is 6.82. The SMILES string of the molecule is C/C=C(P)\C(=C/C(CCC)C1CC1)c1cc2n(n1)CCCC2. The van der Waals surface area contributed by atoms with Gasteiger partial charge in [0, 0.05) is 17.8 Å². The standard InChI is InChI=1S/C19H29N2P/c1-3-7-15(14-9-10-14)12-17(19(22)4-2)18-13-16-8-5-6-11-21(16)20-18/h4,12-15H,3,5-11,22H2,1-2H3/b17-12-,19-4+. The average Bonchev–Trinajstić information content (AvgIpc) is 3.29. The molecule has 0 radical (unpaired) electrons. The summed E-state index contributed by atoms with van der Waals surface area (Å²) in [5.41, 5.74) is 3.95. The summed E-state index contributed by atoms with van der Waals surface area (Å²) >= 11 is 0. The van der Waals surface area contributed by atoms with E-state index < -0.39 is 0 Å². The summed E-state index contributed by atoms with van der Waals surface area (Å²) in [6.45, 7) is 5.51. The number of hydrogen-bond donors (Lipinski definition) is 0. The lowest BCUT2D eigenvalue weighted by molar-refractivity contribution is 0.485. The van der Waals surface area contributed by atoms with E-state index in [9.17, 15) is 0 Å². The van der Waals surface area contributed by atoms with Crippen molar-refractivity contribution in [3.8, 4) is 0 Å². The number of fused-ring (bicyclic) bond motifs is 1. The van der Waals surface area contributed by atoms with Gasteiger partial charge in [-0.15, -0.1) is 9.24 Å². The van der Waals surface area contributed by atoms with E-state index in [2.05, 4.69) is 46.0 Å². The third kappa shape index (κ3) is 3.54. The van der Waals surface area contributed by atoms with Crippen LogP contribution in [0, 0.1) is 11.8 Å². The zero-order valence-electron chi connectivity index (χ0n) is 14.0. The van der Waals surface area contributed by atoms with Crippen molar-refractivity contribution in [2.24, 2.45) is 11.8 Å². The zero-order chi connectivity index (χ0) is 15.5. The Balaban J connectivity index is 1.93. The smallest absolute Gasteiger partial charge is 0.0929 e. The topological polar surface area (TPSA) is 17.8 Å². The fourth-order valence-corrected chi connectivity index (χ4v) is 3.81. The Hall–Kier alpha value is -0.880. The van der Waals surface area contributed by atoms with Gasteiger partial charge < -0.3 is 0 Å². The fourth-order valence-electron chi connectivity index (χ4n) is 3.56. The molecule has 0 bridgehead atoms. The van der Waals surface area contributed by atoms with E-state index in [1.54, 1.807) is 0 Å². The van der Waals surface area contributed by atoms with E-state index in [0.717, 1.165) is 18.4 Å². The van der Waals surface area contributed by atoms with Gasteiger partial charge in [-0.2, -0.15) is 5.10 Å². The van der Waals surface area contributed by atoms with E-state index in [4.69, 9.17) is 5.10 Å². The first-order chi connectivity index (χ1) is 10.7. The first-order valence-corrected chi connectivity index (χ1v) is 9.51. The van der Waals surface area contributed by atoms with Gasteiger partial charge in [0.2, 0.25) is 0 Å². The number of nitrogens with zero attached hydrogens (tertiary/aromatic N) is 2. The number of rotatable bonds is 6. The zero-order valence-corrected chi connectivity index (χ0v) is 15.2. The molecule has 120 valence electrons. The minimum atomic E-state index is 0.731. The van der Waals surface area contributed by atoms with Gasteiger partial charge in [-0.3, -0.25) is 4.68 Å². The Kier molecular flexibility index (Phi) is 5.18. The van der Waals surface area contributed by atoms with Crippen molar-refractivity contribution in [3.63, 3.8) is 0 Å². The maximum Gasteiger partial charge on any atom is 0.0929 e. The van der Waals surface area contributed by atoms with Crippen LogP contribution in [0.3, 0.4) is 0 Å². The predicted octanol–water partition coefficient (Wildman–Crippen LogP) is 5.21. The van der Waals surface area contributed by atoms with Gasteiger partial charge in [-0.25, -0.2) is 0 Å². The van der Waals surface area contributed by atoms with E-state index >= 15 is 0 Å². The molecule has 22 heavy (non-hydrogen) atoms. The van der Waals surface area contributed by atoms with Crippen LogP contribution in [0.15, 0.2) is 23.5 Å². The molecule has 0 spiro atoms. The maximum atomic E-state index is 4.91. The molecule has 3 heteroatoms. The lowest BCUT2D eigenvalue weighted by Gasteiger charge is -2.14. The monoisotopic (exact) mass is 316 g/mol. The second kappa shape index (κ2) is 7.13.